The zero-order valence-corrected chi connectivity index (χ0v) is 11.2. The van der Waals surface area contributed by atoms with Gasteiger partial charge in [-0.1, -0.05) is 11.3 Å². The van der Waals surface area contributed by atoms with Crippen LogP contribution in [0.5, 0.6) is 16.6 Å². The zero-order valence-electron chi connectivity index (χ0n) is 10.4. The fraction of sp³-hybridized carbons (Fsp3) is 0.167. The first kappa shape index (κ1) is 13.2. The molecule has 2 rings (SSSR count). The molecular formula is C12H12N2O4S. The van der Waals surface area contributed by atoms with Crippen molar-refractivity contribution in [1.29, 1.82) is 0 Å². The van der Waals surface area contributed by atoms with E-state index >= 15 is 0 Å². The highest BCUT2D eigenvalue weighted by molar-refractivity contribution is 7.17. The van der Waals surface area contributed by atoms with Gasteiger partial charge in [-0.25, -0.2) is 9.78 Å². The number of rotatable bonds is 4. The fourth-order valence-corrected chi connectivity index (χ4v) is 2.00. The monoisotopic (exact) mass is 280 g/mol. The van der Waals surface area contributed by atoms with Gasteiger partial charge in [0.1, 0.15) is 17.1 Å². The van der Waals surface area contributed by atoms with Gasteiger partial charge in [0.2, 0.25) is 5.06 Å². The van der Waals surface area contributed by atoms with E-state index in [-0.39, 0.29) is 0 Å². The summed E-state index contributed by atoms with van der Waals surface area (Å²) in [6.45, 7) is 0. The number of nitrogens with two attached hydrogens (primary N) is 1. The summed E-state index contributed by atoms with van der Waals surface area (Å²) in [6.07, 6.45) is 1.53. The topological polar surface area (TPSA) is 83.7 Å². The molecule has 0 radical (unpaired) electrons. The van der Waals surface area contributed by atoms with Gasteiger partial charge in [0.05, 0.1) is 20.4 Å². The Labute approximate surface area is 113 Å². The van der Waals surface area contributed by atoms with Crippen molar-refractivity contribution in [2.75, 3.05) is 20.0 Å². The molecule has 1 aromatic heterocycles. The number of benzene rings is 1. The van der Waals surface area contributed by atoms with Crippen LogP contribution in [0.25, 0.3) is 0 Å². The van der Waals surface area contributed by atoms with Crippen molar-refractivity contribution < 1.29 is 19.0 Å². The number of nitrogens with zero attached hydrogens (tertiary/aromatic N) is 1. The molecule has 0 spiro atoms. The SMILES string of the molecule is COC(=O)c1ccc(Oc2cnc(N)s2)cc1OC. The Morgan fingerprint density at radius 2 is 2.16 bits per heavy atom. The van der Waals surface area contributed by atoms with Crippen LogP contribution in [-0.4, -0.2) is 25.2 Å². The van der Waals surface area contributed by atoms with Crippen LogP contribution in [0.3, 0.4) is 0 Å². The Morgan fingerprint density at radius 1 is 1.37 bits per heavy atom. The van der Waals surface area contributed by atoms with E-state index in [1.807, 2.05) is 0 Å². The number of carbonyl (C=O) groups excluding carboxylic acids is 1. The van der Waals surface area contributed by atoms with Gasteiger partial charge in [-0.2, -0.15) is 0 Å². The van der Waals surface area contributed by atoms with Crippen LogP contribution in [0.4, 0.5) is 5.13 Å². The summed E-state index contributed by atoms with van der Waals surface area (Å²) in [6, 6.07) is 4.82. The number of thiazole rings is 1. The molecule has 0 saturated heterocycles. The first-order chi connectivity index (χ1) is 9.13. The quantitative estimate of drug-likeness (QED) is 0.865. The van der Waals surface area contributed by atoms with Crippen LogP contribution >= 0.6 is 11.3 Å². The maximum Gasteiger partial charge on any atom is 0.341 e. The number of hydrogen-bond donors (Lipinski definition) is 1. The van der Waals surface area contributed by atoms with Gasteiger partial charge in [-0.15, -0.1) is 0 Å². The molecule has 0 amide bonds. The predicted octanol–water partition coefficient (Wildman–Crippen LogP) is 2.31. The lowest BCUT2D eigenvalue weighted by molar-refractivity contribution is 0.0597. The third-order valence-corrected chi connectivity index (χ3v) is 3.00. The average molecular weight is 280 g/mol. The van der Waals surface area contributed by atoms with E-state index in [1.165, 1.54) is 31.8 Å². The molecule has 6 nitrogen and oxygen atoms in total. The van der Waals surface area contributed by atoms with Crippen molar-refractivity contribution in [2.45, 2.75) is 0 Å². The lowest BCUT2D eigenvalue weighted by atomic mass is 10.2. The second kappa shape index (κ2) is 5.57. The van der Waals surface area contributed by atoms with Gasteiger partial charge < -0.3 is 19.9 Å². The summed E-state index contributed by atoms with van der Waals surface area (Å²) in [5.74, 6) is 0.431. The molecule has 1 aromatic carbocycles. The van der Waals surface area contributed by atoms with E-state index < -0.39 is 5.97 Å². The first-order valence-electron chi connectivity index (χ1n) is 5.29. The molecule has 0 aliphatic heterocycles. The third-order valence-electron chi connectivity index (χ3n) is 2.30. The molecule has 1 heterocycles. The van der Waals surface area contributed by atoms with Crippen LogP contribution in [0.1, 0.15) is 10.4 Å². The molecule has 0 saturated carbocycles. The molecule has 0 aliphatic rings. The van der Waals surface area contributed by atoms with E-state index in [1.54, 1.807) is 18.2 Å². The van der Waals surface area contributed by atoms with Crippen molar-refractivity contribution in [3.8, 4) is 16.6 Å². The van der Waals surface area contributed by atoms with Crippen molar-refractivity contribution in [3.63, 3.8) is 0 Å². The summed E-state index contributed by atoms with van der Waals surface area (Å²) >= 11 is 1.22. The fourth-order valence-electron chi connectivity index (χ4n) is 1.45. The van der Waals surface area contributed by atoms with Crippen LogP contribution in [0, 0.1) is 0 Å². The Morgan fingerprint density at radius 3 is 2.74 bits per heavy atom. The normalized spacial score (nSPS) is 10.0. The maximum absolute atomic E-state index is 11.5. The molecule has 0 aliphatic carbocycles. The van der Waals surface area contributed by atoms with Crippen LogP contribution in [0.2, 0.25) is 0 Å². The summed E-state index contributed by atoms with van der Waals surface area (Å²) in [4.78, 5) is 15.4. The Bertz CT molecular complexity index is 597. The lowest BCUT2D eigenvalue weighted by Crippen LogP contribution is -2.03. The summed E-state index contributed by atoms with van der Waals surface area (Å²) in [5, 5.41) is 0.985. The number of carbonyl (C=O) groups is 1. The average Bonchev–Trinajstić information content (AvgIpc) is 2.83. The minimum atomic E-state index is -0.467. The highest BCUT2D eigenvalue weighted by atomic mass is 32.1. The van der Waals surface area contributed by atoms with Crippen LogP contribution < -0.4 is 15.2 Å². The maximum atomic E-state index is 11.5. The molecule has 19 heavy (non-hydrogen) atoms. The number of methoxy groups -OCH3 is 2. The van der Waals surface area contributed by atoms with Gasteiger partial charge in [0.25, 0.3) is 0 Å². The van der Waals surface area contributed by atoms with Crippen molar-refractivity contribution in [3.05, 3.63) is 30.0 Å². The predicted molar refractivity (Wildman–Crippen MR) is 70.9 cm³/mol. The zero-order chi connectivity index (χ0) is 13.8. The standard InChI is InChI=1S/C12H12N2O4S/c1-16-9-5-7(3-4-8(9)11(15)17-2)18-10-6-14-12(13)19-10/h3-6H,1-2H3,(H2,13,14). The van der Waals surface area contributed by atoms with Gasteiger partial charge in [-0.05, 0) is 12.1 Å². The van der Waals surface area contributed by atoms with Crippen molar-refractivity contribution in [1.82, 2.24) is 4.98 Å². The smallest absolute Gasteiger partial charge is 0.341 e. The minimum Gasteiger partial charge on any atom is -0.496 e. The van der Waals surface area contributed by atoms with Crippen molar-refractivity contribution in [2.24, 2.45) is 0 Å². The number of aromatic nitrogens is 1. The number of esters is 1. The molecule has 2 N–H and O–H groups in total. The molecule has 2 aromatic rings. The molecule has 0 bridgehead atoms. The Kier molecular flexibility index (Phi) is 3.86. The molecule has 0 unspecified atom stereocenters. The molecule has 100 valence electrons. The van der Waals surface area contributed by atoms with Gasteiger partial charge >= 0.3 is 5.97 Å². The molecular weight excluding hydrogens is 268 g/mol. The second-order valence-electron chi connectivity index (χ2n) is 3.47. The largest absolute Gasteiger partial charge is 0.496 e. The Balaban J connectivity index is 2.26. The minimum absolute atomic E-state index is 0.334. The van der Waals surface area contributed by atoms with E-state index in [2.05, 4.69) is 9.72 Å². The highest BCUT2D eigenvalue weighted by Crippen LogP contribution is 2.32. The summed E-state index contributed by atoms with van der Waals surface area (Å²) in [7, 11) is 2.78. The van der Waals surface area contributed by atoms with Crippen LogP contribution in [-0.2, 0) is 4.74 Å². The van der Waals surface area contributed by atoms with Gasteiger partial charge in [-0.3, -0.25) is 0 Å². The molecule has 7 heteroatoms. The lowest BCUT2D eigenvalue weighted by Gasteiger charge is -2.09. The number of anilines is 1. The van der Waals surface area contributed by atoms with E-state index in [0.717, 1.165) is 0 Å². The highest BCUT2D eigenvalue weighted by Gasteiger charge is 2.14. The van der Waals surface area contributed by atoms with E-state index in [4.69, 9.17) is 15.2 Å². The second-order valence-corrected chi connectivity index (χ2v) is 4.50. The number of hydrogen-bond acceptors (Lipinski definition) is 7. The van der Waals surface area contributed by atoms with Gasteiger partial charge in [0.15, 0.2) is 5.13 Å². The summed E-state index contributed by atoms with van der Waals surface area (Å²) < 4.78 is 15.3. The first-order valence-corrected chi connectivity index (χ1v) is 6.11. The van der Waals surface area contributed by atoms with E-state index in [0.29, 0.717) is 27.3 Å². The molecule has 0 fully saturated rings. The summed E-state index contributed by atoms with van der Waals surface area (Å²) in [5.41, 5.74) is 5.85. The third kappa shape index (κ3) is 2.94. The number of nitrogen functional groups attached to an aromatic ring is 1. The van der Waals surface area contributed by atoms with Crippen LogP contribution in [0.15, 0.2) is 24.4 Å². The van der Waals surface area contributed by atoms with E-state index in [9.17, 15) is 4.79 Å². The molecule has 0 atom stereocenters. The van der Waals surface area contributed by atoms with Crippen molar-refractivity contribution >= 4 is 22.4 Å². The Hall–Kier alpha value is -2.28. The van der Waals surface area contributed by atoms with Gasteiger partial charge in [0, 0.05) is 6.07 Å². The number of ether oxygens (including phenoxy) is 3.